The normalized spacial score (nSPS) is 12.4. The Morgan fingerprint density at radius 1 is 1.38 bits per heavy atom. The number of hydrogen-bond donors (Lipinski definition) is 1. The van der Waals surface area contributed by atoms with Crippen molar-refractivity contribution in [3.8, 4) is 11.5 Å². The second-order valence-electron chi connectivity index (χ2n) is 4.60. The molecular formula is C14H14ClN3O3. The average Bonchev–Trinajstić information content (AvgIpc) is 3.11. The highest BCUT2D eigenvalue weighted by atomic mass is 35.5. The standard InChI is InChI=1S/C14H14ClN3O3/c15-11-7-17-18(8-11)5-1-4-16-14(19)10-2-3-12-13(6-10)21-9-20-12/h2-3,6-8H,1,4-5,9H2,(H,16,19). The van der Waals surface area contributed by atoms with Crippen LogP contribution in [0, 0.1) is 0 Å². The predicted molar refractivity (Wildman–Crippen MR) is 76.8 cm³/mol. The summed E-state index contributed by atoms with van der Waals surface area (Å²) in [6, 6.07) is 5.14. The molecule has 110 valence electrons. The number of aryl methyl sites for hydroxylation is 1. The largest absolute Gasteiger partial charge is 0.454 e. The summed E-state index contributed by atoms with van der Waals surface area (Å²) >= 11 is 5.77. The fraction of sp³-hybridized carbons (Fsp3) is 0.286. The molecule has 7 heteroatoms. The van der Waals surface area contributed by atoms with Crippen LogP contribution in [0.15, 0.2) is 30.6 Å². The summed E-state index contributed by atoms with van der Waals surface area (Å²) < 4.78 is 12.2. The number of hydrogen-bond acceptors (Lipinski definition) is 4. The number of amides is 1. The van der Waals surface area contributed by atoms with Crippen LogP contribution in [0.2, 0.25) is 5.02 Å². The number of fused-ring (bicyclic) bond motifs is 1. The lowest BCUT2D eigenvalue weighted by molar-refractivity contribution is 0.0952. The zero-order chi connectivity index (χ0) is 14.7. The number of carbonyl (C=O) groups excluding carboxylic acids is 1. The van der Waals surface area contributed by atoms with E-state index >= 15 is 0 Å². The molecule has 1 amide bonds. The lowest BCUT2D eigenvalue weighted by Crippen LogP contribution is -2.25. The van der Waals surface area contributed by atoms with Gasteiger partial charge in [0, 0.05) is 24.8 Å². The third-order valence-corrected chi connectivity index (χ3v) is 3.28. The maximum atomic E-state index is 12.0. The molecule has 0 radical (unpaired) electrons. The van der Waals surface area contributed by atoms with Gasteiger partial charge in [-0.1, -0.05) is 11.6 Å². The Bertz CT molecular complexity index is 657. The van der Waals surface area contributed by atoms with E-state index in [-0.39, 0.29) is 12.7 Å². The number of benzene rings is 1. The first kappa shape index (κ1) is 13.8. The molecule has 2 heterocycles. The van der Waals surface area contributed by atoms with Crippen LogP contribution in [0.3, 0.4) is 0 Å². The molecule has 0 atom stereocenters. The van der Waals surface area contributed by atoms with E-state index in [2.05, 4.69) is 10.4 Å². The summed E-state index contributed by atoms with van der Waals surface area (Å²) in [4.78, 5) is 12.0. The van der Waals surface area contributed by atoms with Gasteiger partial charge in [-0.15, -0.1) is 0 Å². The Morgan fingerprint density at radius 3 is 3.05 bits per heavy atom. The number of halogens is 1. The molecule has 1 aromatic heterocycles. The van der Waals surface area contributed by atoms with Crippen LogP contribution < -0.4 is 14.8 Å². The maximum Gasteiger partial charge on any atom is 0.251 e. The summed E-state index contributed by atoms with van der Waals surface area (Å²) in [5.74, 6) is 1.14. The summed E-state index contributed by atoms with van der Waals surface area (Å²) in [7, 11) is 0. The second kappa shape index (κ2) is 6.05. The molecule has 1 aromatic carbocycles. The minimum Gasteiger partial charge on any atom is -0.454 e. The van der Waals surface area contributed by atoms with Crippen LogP contribution in [0.1, 0.15) is 16.8 Å². The third-order valence-electron chi connectivity index (χ3n) is 3.09. The summed E-state index contributed by atoms with van der Waals surface area (Å²) in [6.07, 6.45) is 4.11. The van der Waals surface area contributed by atoms with E-state index < -0.39 is 0 Å². The number of nitrogens with zero attached hydrogens (tertiary/aromatic N) is 2. The second-order valence-corrected chi connectivity index (χ2v) is 5.04. The van der Waals surface area contributed by atoms with Gasteiger partial charge < -0.3 is 14.8 Å². The van der Waals surface area contributed by atoms with Gasteiger partial charge in [0.05, 0.1) is 11.2 Å². The fourth-order valence-electron chi connectivity index (χ4n) is 2.04. The number of aromatic nitrogens is 2. The Morgan fingerprint density at radius 2 is 2.24 bits per heavy atom. The average molecular weight is 308 g/mol. The van der Waals surface area contributed by atoms with Gasteiger partial charge in [0.25, 0.3) is 5.91 Å². The summed E-state index contributed by atoms with van der Waals surface area (Å²) in [6.45, 7) is 1.46. The van der Waals surface area contributed by atoms with Crippen molar-refractivity contribution in [2.75, 3.05) is 13.3 Å². The number of carbonyl (C=O) groups is 1. The van der Waals surface area contributed by atoms with Crippen LogP contribution in [0.5, 0.6) is 11.5 Å². The predicted octanol–water partition coefficient (Wildman–Crippen LogP) is 2.09. The van der Waals surface area contributed by atoms with Crippen molar-refractivity contribution in [2.24, 2.45) is 0 Å². The van der Waals surface area contributed by atoms with E-state index in [1.54, 1.807) is 35.3 Å². The van der Waals surface area contributed by atoms with Crippen LogP contribution in [0.4, 0.5) is 0 Å². The van der Waals surface area contributed by atoms with Crippen LogP contribution >= 0.6 is 11.6 Å². The van der Waals surface area contributed by atoms with Crippen molar-refractivity contribution in [3.05, 3.63) is 41.2 Å². The van der Waals surface area contributed by atoms with E-state index in [1.165, 1.54) is 0 Å². The van der Waals surface area contributed by atoms with Crippen LogP contribution in [0.25, 0.3) is 0 Å². The van der Waals surface area contributed by atoms with Crippen molar-refractivity contribution in [1.29, 1.82) is 0 Å². The first-order chi connectivity index (χ1) is 10.2. The number of ether oxygens (including phenoxy) is 2. The molecule has 0 spiro atoms. The molecule has 3 rings (SSSR count). The number of nitrogens with one attached hydrogen (secondary N) is 1. The smallest absolute Gasteiger partial charge is 0.251 e. The van der Waals surface area contributed by atoms with Crippen LogP contribution in [-0.2, 0) is 6.54 Å². The van der Waals surface area contributed by atoms with Gasteiger partial charge in [-0.05, 0) is 24.6 Å². The first-order valence-electron chi connectivity index (χ1n) is 6.58. The molecule has 2 aromatic rings. The Labute approximate surface area is 126 Å². The fourth-order valence-corrected chi connectivity index (χ4v) is 2.20. The van der Waals surface area contributed by atoms with Crippen molar-refractivity contribution in [1.82, 2.24) is 15.1 Å². The molecule has 0 fully saturated rings. The lowest BCUT2D eigenvalue weighted by Gasteiger charge is -2.06. The van der Waals surface area contributed by atoms with Gasteiger partial charge in [0.15, 0.2) is 11.5 Å². The van der Waals surface area contributed by atoms with E-state index in [1.807, 2.05) is 0 Å². The first-order valence-corrected chi connectivity index (χ1v) is 6.96. The molecule has 0 saturated carbocycles. The van der Waals surface area contributed by atoms with E-state index in [0.29, 0.717) is 35.2 Å². The van der Waals surface area contributed by atoms with Crippen molar-refractivity contribution in [3.63, 3.8) is 0 Å². The number of rotatable bonds is 5. The van der Waals surface area contributed by atoms with Gasteiger partial charge in [-0.2, -0.15) is 5.10 Å². The molecule has 1 aliphatic heterocycles. The van der Waals surface area contributed by atoms with E-state index in [9.17, 15) is 4.79 Å². The molecule has 0 unspecified atom stereocenters. The van der Waals surface area contributed by atoms with Crippen molar-refractivity contribution in [2.45, 2.75) is 13.0 Å². The quantitative estimate of drug-likeness (QED) is 0.859. The molecule has 0 bridgehead atoms. The van der Waals surface area contributed by atoms with Gasteiger partial charge in [0.1, 0.15) is 0 Å². The summed E-state index contributed by atoms with van der Waals surface area (Å²) in [5.41, 5.74) is 0.557. The Kier molecular flexibility index (Phi) is 3.96. The molecule has 0 saturated heterocycles. The SMILES string of the molecule is O=C(NCCCn1cc(Cl)cn1)c1ccc2c(c1)OCO2. The molecule has 0 aliphatic carbocycles. The lowest BCUT2D eigenvalue weighted by atomic mass is 10.2. The minimum atomic E-state index is -0.133. The highest BCUT2D eigenvalue weighted by molar-refractivity contribution is 6.30. The minimum absolute atomic E-state index is 0.133. The molecular weight excluding hydrogens is 294 g/mol. The Hall–Kier alpha value is -2.21. The van der Waals surface area contributed by atoms with Gasteiger partial charge >= 0.3 is 0 Å². The van der Waals surface area contributed by atoms with Crippen molar-refractivity contribution < 1.29 is 14.3 Å². The monoisotopic (exact) mass is 307 g/mol. The molecule has 6 nitrogen and oxygen atoms in total. The zero-order valence-corrected chi connectivity index (χ0v) is 12.0. The van der Waals surface area contributed by atoms with E-state index in [4.69, 9.17) is 21.1 Å². The van der Waals surface area contributed by atoms with Crippen LogP contribution in [-0.4, -0.2) is 29.0 Å². The molecule has 21 heavy (non-hydrogen) atoms. The van der Waals surface area contributed by atoms with E-state index in [0.717, 1.165) is 6.42 Å². The molecule has 1 aliphatic rings. The third kappa shape index (κ3) is 3.28. The highest BCUT2D eigenvalue weighted by Gasteiger charge is 2.15. The highest BCUT2D eigenvalue weighted by Crippen LogP contribution is 2.32. The van der Waals surface area contributed by atoms with Gasteiger partial charge in [-0.25, -0.2) is 0 Å². The zero-order valence-electron chi connectivity index (χ0n) is 11.2. The van der Waals surface area contributed by atoms with Crippen molar-refractivity contribution >= 4 is 17.5 Å². The summed E-state index contributed by atoms with van der Waals surface area (Å²) in [5, 5.41) is 7.54. The van der Waals surface area contributed by atoms with Gasteiger partial charge in [-0.3, -0.25) is 9.48 Å². The van der Waals surface area contributed by atoms with Gasteiger partial charge in [0.2, 0.25) is 6.79 Å². The molecule has 1 N–H and O–H groups in total. The topological polar surface area (TPSA) is 65.4 Å². The Balaban J connectivity index is 1.48. The maximum absolute atomic E-state index is 12.0.